The first kappa shape index (κ1) is 15.0. The monoisotopic (exact) mass is 427 g/mol. The van der Waals surface area contributed by atoms with Crippen LogP contribution in [0.2, 0.25) is 0 Å². The maximum absolute atomic E-state index is 6.31. The summed E-state index contributed by atoms with van der Waals surface area (Å²) in [6.07, 6.45) is 1.77. The molecule has 3 aromatic rings. The van der Waals surface area contributed by atoms with Crippen molar-refractivity contribution in [3.05, 3.63) is 50.8 Å². The number of nitrogens with zero attached hydrogens (tertiary/aromatic N) is 3. The molecule has 2 heterocycles. The first-order chi connectivity index (χ1) is 9.97. The van der Waals surface area contributed by atoms with Gasteiger partial charge in [0.05, 0.1) is 5.38 Å². The van der Waals surface area contributed by atoms with Gasteiger partial charge in [-0.15, -0.1) is 11.6 Å². The molecule has 1 atom stereocenters. The summed E-state index contributed by atoms with van der Waals surface area (Å²) < 4.78 is 3.99. The normalized spacial score (nSPS) is 12.8. The number of rotatable bonds is 2. The van der Waals surface area contributed by atoms with Crippen LogP contribution in [0.5, 0.6) is 0 Å². The van der Waals surface area contributed by atoms with Crippen molar-refractivity contribution in [3.8, 4) is 5.69 Å². The second kappa shape index (κ2) is 5.71. The van der Waals surface area contributed by atoms with Gasteiger partial charge in [-0.3, -0.25) is 4.57 Å². The summed E-state index contributed by atoms with van der Waals surface area (Å²) in [5, 5.41) is -0.207. The molecule has 0 radical (unpaired) electrons. The Morgan fingerprint density at radius 1 is 1.24 bits per heavy atom. The van der Waals surface area contributed by atoms with E-state index in [-0.39, 0.29) is 5.38 Å². The standard InChI is InChI=1S/C15H12Br2ClN3/c1-8-5-11(3-4-12(8)17)21-14(9(2)18)20-13-6-10(16)7-19-15(13)21/h3-7,9H,1-2H3. The maximum Gasteiger partial charge on any atom is 0.164 e. The lowest BCUT2D eigenvalue weighted by atomic mass is 10.2. The fourth-order valence-electron chi connectivity index (χ4n) is 2.25. The summed E-state index contributed by atoms with van der Waals surface area (Å²) in [5.74, 6) is 0.791. The molecule has 0 bridgehead atoms. The summed E-state index contributed by atoms with van der Waals surface area (Å²) in [7, 11) is 0. The minimum Gasteiger partial charge on any atom is -0.279 e. The Balaban J connectivity index is 2.33. The Hall–Kier alpha value is -0.910. The second-order valence-corrected chi connectivity index (χ2v) is 7.28. The lowest BCUT2D eigenvalue weighted by molar-refractivity contribution is 0.876. The minimum absolute atomic E-state index is 0.207. The molecule has 0 spiro atoms. The number of benzene rings is 1. The van der Waals surface area contributed by atoms with Crippen molar-refractivity contribution in [3.63, 3.8) is 0 Å². The van der Waals surface area contributed by atoms with E-state index >= 15 is 0 Å². The smallest absolute Gasteiger partial charge is 0.164 e. The molecule has 0 aliphatic carbocycles. The number of imidazole rings is 1. The van der Waals surface area contributed by atoms with Crippen LogP contribution in [0, 0.1) is 6.92 Å². The Labute approximate surface area is 144 Å². The fourth-order valence-corrected chi connectivity index (χ4v) is 2.96. The van der Waals surface area contributed by atoms with E-state index in [1.54, 1.807) is 6.20 Å². The lowest BCUT2D eigenvalue weighted by Crippen LogP contribution is -2.03. The van der Waals surface area contributed by atoms with Gasteiger partial charge in [0.2, 0.25) is 0 Å². The first-order valence-electron chi connectivity index (χ1n) is 6.42. The van der Waals surface area contributed by atoms with Gasteiger partial charge >= 0.3 is 0 Å². The average molecular weight is 430 g/mol. The van der Waals surface area contributed by atoms with Crippen LogP contribution in [0.4, 0.5) is 0 Å². The van der Waals surface area contributed by atoms with E-state index in [0.29, 0.717) is 0 Å². The third-order valence-corrected chi connectivity index (χ3v) is 4.76. The van der Waals surface area contributed by atoms with Crippen LogP contribution in [0.1, 0.15) is 23.7 Å². The molecule has 108 valence electrons. The van der Waals surface area contributed by atoms with Gasteiger partial charge in [-0.25, -0.2) is 9.97 Å². The van der Waals surface area contributed by atoms with E-state index in [9.17, 15) is 0 Å². The zero-order valence-electron chi connectivity index (χ0n) is 11.4. The minimum atomic E-state index is -0.207. The van der Waals surface area contributed by atoms with Crippen LogP contribution in [-0.4, -0.2) is 14.5 Å². The number of alkyl halides is 1. The number of hydrogen-bond donors (Lipinski definition) is 0. The van der Waals surface area contributed by atoms with Crippen molar-refractivity contribution >= 4 is 54.6 Å². The van der Waals surface area contributed by atoms with E-state index < -0.39 is 0 Å². The third kappa shape index (κ3) is 2.74. The number of fused-ring (bicyclic) bond motifs is 1. The van der Waals surface area contributed by atoms with E-state index in [1.807, 2.05) is 29.7 Å². The number of hydrogen-bond acceptors (Lipinski definition) is 2. The molecule has 0 saturated carbocycles. The zero-order chi connectivity index (χ0) is 15.1. The first-order valence-corrected chi connectivity index (χ1v) is 8.44. The van der Waals surface area contributed by atoms with Gasteiger partial charge in [0.1, 0.15) is 11.3 Å². The molecule has 21 heavy (non-hydrogen) atoms. The Morgan fingerprint density at radius 3 is 2.67 bits per heavy atom. The maximum atomic E-state index is 6.31. The molecule has 3 nitrogen and oxygen atoms in total. The number of pyridine rings is 1. The molecule has 0 saturated heterocycles. The van der Waals surface area contributed by atoms with E-state index in [2.05, 4.69) is 54.8 Å². The van der Waals surface area contributed by atoms with Crippen molar-refractivity contribution in [2.75, 3.05) is 0 Å². The highest BCUT2D eigenvalue weighted by Gasteiger charge is 2.17. The molecule has 1 aromatic carbocycles. The van der Waals surface area contributed by atoms with Gasteiger partial charge < -0.3 is 0 Å². The number of halogens is 3. The summed E-state index contributed by atoms with van der Waals surface area (Å²) in [6, 6.07) is 8.10. The van der Waals surface area contributed by atoms with Crippen LogP contribution in [0.15, 0.2) is 39.4 Å². The van der Waals surface area contributed by atoms with Gasteiger partial charge in [-0.2, -0.15) is 0 Å². The van der Waals surface area contributed by atoms with Crippen molar-refractivity contribution in [2.45, 2.75) is 19.2 Å². The van der Waals surface area contributed by atoms with E-state index in [0.717, 1.165) is 37.2 Å². The highest BCUT2D eigenvalue weighted by Crippen LogP contribution is 2.29. The largest absolute Gasteiger partial charge is 0.279 e. The molecule has 3 rings (SSSR count). The topological polar surface area (TPSA) is 30.7 Å². The highest BCUT2D eigenvalue weighted by molar-refractivity contribution is 9.10. The second-order valence-electron chi connectivity index (χ2n) is 4.85. The van der Waals surface area contributed by atoms with Crippen LogP contribution < -0.4 is 0 Å². The SMILES string of the molecule is Cc1cc(-n2c(C(C)Cl)nc3cc(Br)cnc32)ccc1Br. The van der Waals surface area contributed by atoms with Crippen LogP contribution >= 0.6 is 43.5 Å². The highest BCUT2D eigenvalue weighted by atomic mass is 79.9. The Kier molecular flexibility index (Phi) is 4.08. The Morgan fingerprint density at radius 2 is 2.00 bits per heavy atom. The molecule has 6 heteroatoms. The van der Waals surface area contributed by atoms with Gasteiger partial charge in [0.25, 0.3) is 0 Å². The van der Waals surface area contributed by atoms with Gasteiger partial charge in [0, 0.05) is 20.8 Å². The molecule has 0 aliphatic rings. The van der Waals surface area contributed by atoms with E-state index in [1.165, 1.54) is 0 Å². The third-order valence-electron chi connectivity index (χ3n) is 3.25. The molecule has 0 amide bonds. The predicted octanol–water partition coefficient (Wildman–Crippen LogP) is 5.55. The van der Waals surface area contributed by atoms with Crippen LogP contribution in [0.3, 0.4) is 0 Å². The predicted molar refractivity (Wildman–Crippen MR) is 93.3 cm³/mol. The average Bonchev–Trinajstić information content (AvgIpc) is 2.80. The molecular weight excluding hydrogens is 417 g/mol. The summed E-state index contributed by atoms with van der Waals surface area (Å²) in [6.45, 7) is 3.97. The molecule has 0 aliphatic heterocycles. The molecule has 2 aromatic heterocycles. The molecule has 0 fully saturated rings. The molecular formula is C15H12Br2ClN3. The summed E-state index contributed by atoms with van der Waals surface area (Å²) >= 11 is 13.3. The fraction of sp³-hybridized carbons (Fsp3) is 0.200. The molecule has 1 unspecified atom stereocenters. The van der Waals surface area contributed by atoms with Crippen LogP contribution in [0.25, 0.3) is 16.9 Å². The van der Waals surface area contributed by atoms with Crippen LogP contribution in [-0.2, 0) is 0 Å². The Bertz CT molecular complexity index is 827. The lowest BCUT2D eigenvalue weighted by Gasteiger charge is -2.11. The van der Waals surface area contributed by atoms with Crippen molar-refractivity contribution in [1.82, 2.24) is 14.5 Å². The zero-order valence-corrected chi connectivity index (χ0v) is 15.4. The van der Waals surface area contributed by atoms with Gasteiger partial charge in [0.15, 0.2) is 5.65 Å². The number of aromatic nitrogens is 3. The summed E-state index contributed by atoms with van der Waals surface area (Å²) in [5.41, 5.74) is 3.80. The van der Waals surface area contributed by atoms with Gasteiger partial charge in [-0.1, -0.05) is 15.9 Å². The van der Waals surface area contributed by atoms with Crippen molar-refractivity contribution in [2.24, 2.45) is 0 Å². The summed E-state index contributed by atoms with van der Waals surface area (Å²) in [4.78, 5) is 9.12. The molecule has 0 N–H and O–H groups in total. The van der Waals surface area contributed by atoms with Crippen molar-refractivity contribution < 1.29 is 0 Å². The number of aryl methyl sites for hydroxylation is 1. The quantitative estimate of drug-likeness (QED) is 0.500. The van der Waals surface area contributed by atoms with E-state index in [4.69, 9.17) is 11.6 Å². The van der Waals surface area contributed by atoms with Gasteiger partial charge in [-0.05, 0) is 59.6 Å². The van der Waals surface area contributed by atoms with Crippen molar-refractivity contribution in [1.29, 1.82) is 0 Å².